The molecule has 0 unspecified atom stereocenters. The maximum atomic E-state index is 12.8. The summed E-state index contributed by atoms with van der Waals surface area (Å²) in [4.78, 5) is -3.41. The molecule has 0 atom stereocenters. The monoisotopic (exact) mass is 979 g/mol. The molecule has 32 heteroatoms. The Kier molecular flexibility index (Phi) is 13.7. The highest BCUT2D eigenvalue weighted by molar-refractivity contribution is 7.95. The fourth-order valence-corrected chi connectivity index (χ4v) is 9.27. The largest absolute Gasteiger partial charge is 0.507 e. The molecule has 0 aliphatic carbocycles. The van der Waals surface area contributed by atoms with Crippen molar-refractivity contribution in [2.75, 3.05) is 5.73 Å². The van der Waals surface area contributed by atoms with Gasteiger partial charge in [-0.25, -0.2) is 15.8 Å². The highest BCUT2D eigenvalue weighted by atomic mass is 32.2. The Morgan fingerprint density at radius 1 is 0.548 bits per heavy atom. The van der Waals surface area contributed by atoms with E-state index in [-0.39, 0.29) is 54.3 Å². The van der Waals surface area contributed by atoms with Gasteiger partial charge in [-0.05, 0) is 54.6 Å². The van der Waals surface area contributed by atoms with Crippen LogP contribution in [0.15, 0.2) is 110 Å². The molecule has 0 fully saturated rings. The van der Waals surface area contributed by atoms with Crippen molar-refractivity contribution < 1.29 is 98.1 Å². The summed E-state index contributed by atoms with van der Waals surface area (Å²) in [5, 5.41) is 83.7. The minimum atomic E-state index is -5.38. The van der Waals surface area contributed by atoms with E-state index in [1.54, 1.807) is 0 Å². The Balaban J connectivity index is 1.58. The number of hydrogen-bond donors (Lipinski definition) is 10. The molecule has 0 saturated carbocycles. The van der Waals surface area contributed by atoms with E-state index in [9.17, 15) is 54.2 Å². The molecular formula is C30H21N5O21S6. The summed E-state index contributed by atoms with van der Waals surface area (Å²) in [6.07, 6.45) is 0. The SMILES string of the molecule is Nc1c(N=Nc2ccc3c(O)cc(S(=O)(=O)O)cc3c2S(=O)(=O)O)cc(S(=O)(=O)O)c2cc(SOOO)c(N=Nc3ccc4c(O)cc(SOOO)cc4c3SOOO)c(O)c12. The maximum absolute atomic E-state index is 12.8. The highest BCUT2D eigenvalue weighted by Gasteiger charge is 2.27. The maximum Gasteiger partial charge on any atom is 0.297 e. The van der Waals surface area contributed by atoms with E-state index in [4.69, 9.17) is 21.5 Å². The summed E-state index contributed by atoms with van der Waals surface area (Å²) < 4.78 is 118. The van der Waals surface area contributed by atoms with Gasteiger partial charge in [0, 0.05) is 37.9 Å². The van der Waals surface area contributed by atoms with Crippen LogP contribution in [0, 0.1) is 0 Å². The lowest BCUT2D eigenvalue weighted by atomic mass is 10.0. The topological polar surface area (TPSA) is 415 Å². The summed E-state index contributed by atoms with van der Waals surface area (Å²) in [5.74, 6) is -2.19. The smallest absolute Gasteiger partial charge is 0.297 e. The van der Waals surface area contributed by atoms with Gasteiger partial charge in [0.05, 0.1) is 61.9 Å². The third kappa shape index (κ3) is 9.61. The van der Waals surface area contributed by atoms with Gasteiger partial charge in [-0.1, -0.05) is 15.1 Å². The van der Waals surface area contributed by atoms with Crippen LogP contribution in [0.1, 0.15) is 0 Å². The van der Waals surface area contributed by atoms with Crippen molar-refractivity contribution in [3.63, 3.8) is 0 Å². The molecule has 0 bridgehead atoms. The molecule has 0 spiro atoms. The molecule has 0 saturated heterocycles. The standard InChI is InChI=1S/C30H21N5O21S6/c31-26-20(34-33-19-4-2-14-16(30(19)62(48,49)50)7-12(8-22(14)37)60(42,43)44)10-24(61(45,46)47)17-9-23(58-55-52-40)27(28(38)25(17)26)35-32-18-3-1-13-15(29(18)59-56-53-41)5-11(6-21(13)36)57-54-51-39/h1-10,36-41H,31H2,(H,42,43,44)(H,45,46,47)(H,48,49,50). The molecule has 0 aliphatic heterocycles. The predicted octanol–water partition coefficient (Wildman–Crippen LogP) is 7.70. The molecular weight excluding hydrogens is 959 g/mol. The second-order valence-corrected chi connectivity index (χ2v) is 18.1. The number of hydrogen-bond acceptors (Lipinski definition) is 26. The zero-order valence-corrected chi connectivity index (χ0v) is 34.4. The minimum absolute atomic E-state index is 0.0364. The van der Waals surface area contributed by atoms with E-state index < -0.39 is 95.4 Å². The van der Waals surface area contributed by atoms with E-state index in [1.807, 2.05) is 0 Å². The van der Waals surface area contributed by atoms with E-state index in [1.165, 1.54) is 24.3 Å². The average molecular weight is 980 g/mol. The van der Waals surface area contributed by atoms with Gasteiger partial charge < -0.3 is 21.1 Å². The number of fused-ring (bicyclic) bond motifs is 3. The molecule has 6 aromatic rings. The number of benzene rings is 6. The number of nitrogens with two attached hydrogens (primary N) is 1. The van der Waals surface area contributed by atoms with E-state index >= 15 is 0 Å². The second kappa shape index (κ2) is 18.3. The van der Waals surface area contributed by atoms with Crippen molar-refractivity contribution >= 4 is 127 Å². The Hall–Kier alpha value is -5.08. The number of phenolic OH excluding ortho intramolecular Hbond substituents is 3. The molecule has 0 heterocycles. The van der Waals surface area contributed by atoms with Crippen LogP contribution in [0.25, 0.3) is 32.3 Å². The molecule has 0 amide bonds. The minimum Gasteiger partial charge on any atom is -0.507 e. The quantitative estimate of drug-likeness (QED) is 0.0111. The third-order valence-electron chi connectivity index (χ3n) is 8.17. The number of anilines is 1. The number of azo groups is 2. The fraction of sp³-hybridized carbons (Fsp3) is 0. The van der Waals surface area contributed by atoms with Crippen LogP contribution in [-0.2, 0) is 58.5 Å². The summed E-state index contributed by atoms with van der Waals surface area (Å²) in [6.45, 7) is 0. The van der Waals surface area contributed by atoms with Gasteiger partial charge in [-0.15, -0.1) is 33.5 Å². The molecule has 0 aromatic heterocycles. The van der Waals surface area contributed by atoms with Crippen LogP contribution < -0.4 is 5.73 Å². The lowest BCUT2D eigenvalue weighted by Crippen LogP contribution is -2.03. The van der Waals surface area contributed by atoms with Gasteiger partial charge in [0.2, 0.25) is 0 Å². The van der Waals surface area contributed by atoms with Crippen LogP contribution in [0.5, 0.6) is 17.2 Å². The lowest BCUT2D eigenvalue weighted by molar-refractivity contribution is -0.432. The predicted molar refractivity (Wildman–Crippen MR) is 211 cm³/mol. The summed E-state index contributed by atoms with van der Waals surface area (Å²) in [5.41, 5.74) is 3.49. The second-order valence-electron chi connectivity index (χ2n) is 11.7. The van der Waals surface area contributed by atoms with Gasteiger partial charge in [-0.3, -0.25) is 13.7 Å². The van der Waals surface area contributed by atoms with Crippen molar-refractivity contribution in [2.45, 2.75) is 29.4 Å². The first kappa shape index (κ1) is 46.4. The number of phenols is 3. The molecule has 26 nitrogen and oxygen atoms in total. The molecule has 11 N–H and O–H groups in total. The van der Waals surface area contributed by atoms with Crippen molar-refractivity contribution in [2.24, 2.45) is 20.5 Å². The number of nitrogens with zero attached hydrogens (tertiary/aromatic N) is 4. The molecule has 0 radical (unpaired) electrons. The summed E-state index contributed by atoms with van der Waals surface area (Å²) >= 11 is 0.929. The lowest BCUT2D eigenvalue weighted by Gasteiger charge is -2.15. The van der Waals surface area contributed by atoms with E-state index in [0.717, 1.165) is 18.2 Å². The third-order valence-corrected chi connectivity index (χ3v) is 12.7. The molecule has 6 rings (SSSR count). The van der Waals surface area contributed by atoms with Crippen molar-refractivity contribution in [3.8, 4) is 17.2 Å². The van der Waals surface area contributed by atoms with Gasteiger partial charge in [0.15, 0.2) is 5.75 Å². The average Bonchev–Trinajstić information content (AvgIpc) is 3.19. The van der Waals surface area contributed by atoms with E-state index in [2.05, 4.69) is 48.6 Å². The van der Waals surface area contributed by atoms with Crippen LogP contribution in [0.3, 0.4) is 0 Å². The summed E-state index contributed by atoms with van der Waals surface area (Å²) in [6, 6.07) is 9.91. The van der Waals surface area contributed by atoms with Gasteiger partial charge in [-0.2, -0.15) is 25.3 Å². The molecule has 0 aliphatic rings. The van der Waals surface area contributed by atoms with Crippen LogP contribution >= 0.6 is 36.1 Å². The van der Waals surface area contributed by atoms with Crippen LogP contribution in [0.4, 0.5) is 28.4 Å². The summed E-state index contributed by atoms with van der Waals surface area (Å²) in [7, 11) is -15.7. The van der Waals surface area contributed by atoms with Gasteiger partial charge in [0.1, 0.15) is 44.0 Å². The Bertz CT molecular complexity index is 3190. The zero-order valence-electron chi connectivity index (χ0n) is 29.5. The van der Waals surface area contributed by atoms with Crippen molar-refractivity contribution in [1.82, 2.24) is 0 Å². The fourth-order valence-electron chi connectivity index (χ4n) is 5.75. The molecule has 6 aromatic carbocycles. The van der Waals surface area contributed by atoms with Crippen LogP contribution in [0.2, 0.25) is 0 Å². The Morgan fingerprint density at radius 2 is 1.13 bits per heavy atom. The van der Waals surface area contributed by atoms with Gasteiger partial charge in [0.25, 0.3) is 30.4 Å². The number of aromatic hydroxyl groups is 3. The molecule has 328 valence electrons. The first-order valence-corrected chi connectivity index (χ1v) is 22.2. The first-order valence-electron chi connectivity index (χ1n) is 15.6. The molecule has 62 heavy (non-hydrogen) atoms. The zero-order chi connectivity index (χ0) is 45.3. The Morgan fingerprint density at radius 3 is 1.76 bits per heavy atom. The van der Waals surface area contributed by atoms with Gasteiger partial charge >= 0.3 is 0 Å². The van der Waals surface area contributed by atoms with E-state index in [0.29, 0.717) is 42.3 Å². The number of nitrogen functional groups attached to an aromatic ring is 1. The van der Waals surface area contributed by atoms with Crippen molar-refractivity contribution in [1.29, 1.82) is 0 Å². The number of rotatable bonds is 16. The Labute approximate surface area is 357 Å². The first-order chi connectivity index (χ1) is 29.2. The highest BCUT2D eigenvalue weighted by Crippen LogP contribution is 2.51. The van der Waals surface area contributed by atoms with Crippen LogP contribution in [-0.4, -0.2) is 70.0 Å². The van der Waals surface area contributed by atoms with Crippen molar-refractivity contribution in [3.05, 3.63) is 60.7 Å². The normalized spacial score (nSPS) is 12.8.